The van der Waals surface area contributed by atoms with Crippen LogP contribution in [-0.2, 0) is 0 Å². The molecule has 0 amide bonds. The van der Waals surface area contributed by atoms with Crippen molar-refractivity contribution in [1.29, 1.82) is 0 Å². The van der Waals surface area contributed by atoms with Gasteiger partial charge >= 0.3 is 0 Å². The molecular formula is C13H13BrClN3O2. The zero-order chi connectivity index (χ0) is 14.7. The number of nitrogens with one attached hydrogen (secondary N) is 1. The van der Waals surface area contributed by atoms with Crippen molar-refractivity contribution in [1.82, 2.24) is 9.97 Å². The van der Waals surface area contributed by atoms with Crippen LogP contribution in [0.2, 0.25) is 5.02 Å². The molecule has 106 valence electrons. The Morgan fingerprint density at radius 3 is 2.60 bits per heavy atom. The predicted molar refractivity (Wildman–Crippen MR) is 82.8 cm³/mol. The molecule has 0 bridgehead atoms. The van der Waals surface area contributed by atoms with Crippen LogP contribution in [0.15, 0.2) is 22.8 Å². The van der Waals surface area contributed by atoms with E-state index in [-0.39, 0.29) is 0 Å². The molecule has 2 rings (SSSR count). The van der Waals surface area contributed by atoms with Gasteiger partial charge in [-0.25, -0.2) is 9.97 Å². The minimum absolute atomic E-state index is 0.413. The Balaban J connectivity index is 2.58. The van der Waals surface area contributed by atoms with Crippen LogP contribution in [0, 0.1) is 0 Å². The highest BCUT2D eigenvalue weighted by atomic mass is 79.9. The van der Waals surface area contributed by atoms with E-state index < -0.39 is 0 Å². The standard InChI is InChI=1S/C13H13BrClN3O2/c1-16-13-8(14)6-17-12(18-13)7-4-5-9(19-2)11(20-3)10(7)15/h4-6H,1-3H3,(H,16,17,18). The fourth-order valence-electron chi connectivity index (χ4n) is 1.73. The summed E-state index contributed by atoms with van der Waals surface area (Å²) in [4.78, 5) is 8.67. The summed E-state index contributed by atoms with van der Waals surface area (Å²) >= 11 is 9.71. The third-order valence-electron chi connectivity index (χ3n) is 2.71. The summed E-state index contributed by atoms with van der Waals surface area (Å²) in [5, 5.41) is 3.39. The topological polar surface area (TPSA) is 56.3 Å². The van der Waals surface area contributed by atoms with E-state index in [0.717, 1.165) is 4.47 Å². The molecule has 0 fully saturated rings. The van der Waals surface area contributed by atoms with Gasteiger partial charge in [0.05, 0.1) is 23.7 Å². The molecule has 1 aromatic heterocycles. The molecular weight excluding hydrogens is 346 g/mol. The molecule has 0 aliphatic rings. The Bertz CT molecular complexity index is 637. The largest absolute Gasteiger partial charge is 0.493 e. The second-order valence-electron chi connectivity index (χ2n) is 3.80. The third kappa shape index (κ3) is 2.66. The summed E-state index contributed by atoms with van der Waals surface area (Å²) in [6, 6.07) is 3.57. The number of rotatable bonds is 4. The molecule has 0 aliphatic carbocycles. The number of aromatic nitrogens is 2. The van der Waals surface area contributed by atoms with E-state index in [1.165, 1.54) is 7.11 Å². The first kappa shape index (κ1) is 14.9. The van der Waals surface area contributed by atoms with Gasteiger partial charge in [0.1, 0.15) is 5.82 Å². The van der Waals surface area contributed by atoms with E-state index in [1.807, 2.05) is 0 Å². The average molecular weight is 359 g/mol. The van der Waals surface area contributed by atoms with Crippen molar-refractivity contribution in [2.45, 2.75) is 0 Å². The number of nitrogens with zero attached hydrogens (tertiary/aromatic N) is 2. The number of hydrogen-bond donors (Lipinski definition) is 1. The highest BCUT2D eigenvalue weighted by Crippen LogP contribution is 2.41. The van der Waals surface area contributed by atoms with E-state index in [2.05, 4.69) is 31.2 Å². The number of halogens is 2. The minimum atomic E-state index is 0.413. The normalized spacial score (nSPS) is 10.2. The van der Waals surface area contributed by atoms with Crippen molar-refractivity contribution in [3.8, 4) is 22.9 Å². The molecule has 0 saturated carbocycles. The lowest BCUT2D eigenvalue weighted by molar-refractivity contribution is 0.355. The minimum Gasteiger partial charge on any atom is -0.493 e. The van der Waals surface area contributed by atoms with E-state index in [1.54, 1.807) is 32.5 Å². The van der Waals surface area contributed by atoms with Crippen molar-refractivity contribution in [2.75, 3.05) is 26.6 Å². The molecule has 0 unspecified atom stereocenters. The summed E-state index contributed by atoms with van der Waals surface area (Å²) in [6.07, 6.45) is 1.67. The Kier molecular flexibility index (Phi) is 4.67. The number of ether oxygens (including phenoxy) is 2. The van der Waals surface area contributed by atoms with Gasteiger partial charge in [-0.05, 0) is 28.1 Å². The van der Waals surface area contributed by atoms with Gasteiger partial charge in [0.25, 0.3) is 0 Å². The van der Waals surface area contributed by atoms with Crippen LogP contribution in [0.4, 0.5) is 5.82 Å². The van der Waals surface area contributed by atoms with Gasteiger partial charge in [-0.15, -0.1) is 0 Å². The first-order valence-electron chi connectivity index (χ1n) is 5.73. The molecule has 5 nitrogen and oxygen atoms in total. The van der Waals surface area contributed by atoms with Crippen LogP contribution in [0.3, 0.4) is 0 Å². The number of anilines is 1. The van der Waals surface area contributed by atoms with E-state index >= 15 is 0 Å². The summed E-state index contributed by atoms with van der Waals surface area (Å²) in [5.74, 6) is 2.21. The highest BCUT2D eigenvalue weighted by molar-refractivity contribution is 9.10. The van der Waals surface area contributed by atoms with Crippen LogP contribution in [0.5, 0.6) is 11.5 Å². The van der Waals surface area contributed by atoms with E-state index in [0.29, 0.717) is 33.7 Å². The number of benzene rings is 1. The second-order valence-corrected chi connectivity index (χ2v) is 5.04. The van der Waals surface area contributed by atoms with Crippen LogP contribution in [0.25, 0.3) is 11.4 Å². The molecule has 7 heteroatoms. The zero-order valence-corrected chi connectivity index (χ0v) is 13.5. The molecule has 20 heavy (non-hydrogen) atoms. The van der Waals surface area contributed by atoms with Crippen molar-refractivity contribution in [2.24, 2.45) is 0 Å². The molecule has 0 atom stereocenters. The van der Waals surface area contributed by atoms with Crippen molar-refractivity contribution < 1.29 is 9.47 Å². The van der Waals surface area contributed by atoms with Crippen LogP contribution < -0.4 is 14.8 Å². The van der Waals surface area contributed by atoms with Crippen LogP contribution in [-0.4, -0.2) is 31.2 Å². The fraction of sp³-hybridized carbons (Fsp3) is 0.231. The van der Waals surface area contributed by atoms with Gasteiger partial charge in [-0.1, -0.05) is 11.6 Å². The quantitative estimate of drug-likeness (QED) is 0.904. The fourth-order valence-corrected chi connectivity index (χ4v) is 2.44. The molecule has 0 aliphatic heterocycles. The third-order valence-corrected chi connectivity index (χ3v) is 3.66. The van der Waals surface area contributed by atoms with Gasteiger partial charge in [0.2, 0.25) is 0 Å². The van der Waals surface area contributed by atoms with Gasteiger partial charge < -0.3 is 14.8 Å². The van der Waals surface area contributed by atoms with Crippen LogP contribution >= 0.6 is 27.5 Å². The Morgan fingerprint density at radius 2 is 2.00 bits per heavy atom. The SMILES string of the molecule is CNc1nc(-c2ccc(OC)c(OC)c2Cl)ncc1Br. The summed E-state index contributed by atoms with van der Waals surface area (Å²) in [7, 11) is 4.88. The monoisotopic (exact) mass is 357 g/mol. The lowest BCUT2D eigenvalue weighted by Crippen LogP contribution is -1.99. The van der Waals surface area contributed by atoms with E-state index in [9.17, 15) is 0 Å². The predicted octanol–water partition coefficient (Wildman–Crippen LogP) is 3.62. The highest BCUT2D eigenvalue weighted by Gasteiger charge is 2.16. The number of hydrogen-bond acceptors (Lipinski definition) is 5. The molecule has 0 radical (unpaired) electrons. The smallest absolute Gasteiger partial charge is 0.180 e. The second kappa shape index (κ2) is 6.28. The van der Waals surface area contributed by atoms with Gasteiger partial charge in [0.15, 0.2) is 17.3 Å². The van der Waals surface area contributed by atoms with Crippen molar-refractivity contribution in [3.05, 3.63) is 27.8 Å². The maximum Gasteiger partial charge on any atom is 0.180 e. The van der Waals surface area contributed by atoms with Crippen molar-refractivity contribution in [3.63, 3.8) is 0 Å². The Morgan fingerprint density at radius 1 is 1.25 bits per heavy atom. The molecule has 0 spiro atoms. The average Bonchev–Trinajstić information content (AvgIpc) is 2.47. The number of methoxy groups -OCH3 is 2. The Labute approximate surface area is 130 Å². The molecule has 0 saturated heterocycles. The van der Waals surface area contributed by atoms with Gasteiger partial charge in [-0.2, -0.15) is 0 Å². The molecule has 1 N–H and O–H groups in total. The van der Waals surface area contributed by atoms with E-state index in [4.69, 9.17) is 21.1 Å². The molecule has 1 aromatic carbocycles. The Hall–Kier alpha value is -1.53. The summed E-state index contributed by atoms with van der Waals surface area (Å²) in [5.41, 5.74) is 0.674. The van der Waals surface area contributed by atoms with Crippen molar-refractivity contribution >= 4 is 33.3 Å². The first-order valence-corrected chi connectivity index (χ1v) is 6.90. The zero-order valence-electron chi connectivity index (χ0n) is 11.2. The molecule has 1 heterocycles. The van der Waals surface area contributed by atoms with Crippen LogP contribution in [0.1, 0.15) is 0 Å². The summed E-state index contributed by atoms with van der Waals surface area (Å²) < 4.78 is 11.3. The summed E-state index contributed by atoms with van der Waals surface area (Å²) in [6.45, 7) is 0. The lowest BCUT2D eigenvalue weighted by Gasteiger charge is -2.12. The first-order chi connectivity index (χ1) is 9.62. The molecule has 2 aromatic rings. The van der Waals surface area contributed by atoms with Gasteiger partial charge in [0, 0.05) is 18.8 Å². The lowest BCUT2D eigenvalue weighted by atomic mass is 10.2. The maximum absolute atomic E-state index is 6.35. The maximum atomic E-state index is 6.35. The van der Waals surface area contributed by atoms with Gasteiger partial charge in [-0.3, -0.25) is 0 Å².